The first-order valence-corrected chi connectivity index (χ1v) is 6.04. The number of hydrogen-bond donors (Lipinski definition) is 2. The minimum Gasteiger partial charge on any atom is -0.493 e. The van der Waals surface area contributed by atoms with Crippen molar-refractivity contribution >= 4 is 6.09 Å². The van der Waals surface area contributed by atoms with Gasteiger partial charge in [0.25, 0.3) is 0 Å². The van der Waals surface area contributed by atoms with Crippen molar-refractivity contribution in [3.63, 3.8) is 0 Å². The fourth-order valence-electron chi connectivity index (χ4n) is 1.75. The van der Waals surface area contributed by atoms with E-state index < -0.39 is 6.09 Å². The minimum absolute atomic E-state index is 0.213. The number of hydrogen-bond acceptors (Lipinski definition) is 6. The fraction of sp³-hybridized carbons (Fsp3) is 0.462. The van der Waals surface area contributed by atoms with Crippen LogP contribution < -0.4 is 25.3 Å². The van der Waals surface area contributed by atoms with Gasteiger partial charge in [0.2, 0.25) is 5.75 Å². The van der Waals surface area contributed by atoms with E-state index in [2.05, 4.69) is 10.1 Å². The standard InChI is InChI=1S/C13H20N2O5/c1-17-10-5-4-9(11(18-2)12(10)19-3)8-15-6-7-20-13(14)16/h4-5,15H,6-8H2,1-3H3,(H2,14,16). The van der Waals surface area contributed by atoms with Crippen molar-refractivity contribution in [1.82, 2.24) is 5.32 Å². The second-order valence-corrected chi connectivity index (χ2v) is 3.84. The number of amides is 1. The summed E-state index contributed by atoms with van der Waals surface area (Å²) >= 11 is 0. The van der Waals surface area contributed by atoms with E-state index in [1.165, 1.54) is 0 Å². The van der Waals surface area contributed by atoms with Gasteiger partial charge in [-0.1, -0.05) is 6.07 Å². The number of carbonyl (C=O) groups is 1. The Bertz CT molecular complexity index is 451. The molecule has 0 radical (unpaired) electrons. The van der Waals surface area contributed by atoms with E-state index in [0.29, 0.717) is 30.3 Å². The van der Waals surface area contributed by atoms with E-state index in [1.54, 1.807) is 27.4 Å². The molecule has 0 unspecified atom stereocenters. The number of nitrogens with two attached hydrogens (primary N) is 1. The average Bonchev–Trinajstić information content (AvgIpc) is 2.45. The molecule has 1 amide bonds. The first kappa shape index (κ1) is 15.9. The number of primary amides is 1. The molecule has 0 spiro atoms. The number of ether oxygens (including phenoxy) is 4. The molecule has 3 N–H and O–H groups in total. The second kappa shape index (κ2) is 8.11. The number of methoxy groups -OCH3 is 3. The van der Waals surface area contributed by atoms with Gasteiger partial charge in [-0.05, 0) is 6.07 Å². The van der Waals surface area contributed by atoms with Crippen LogP contribution in [-0.2, 0) is 11.3 Å². The minimum atomic E-state index is -0.782. The normalized spacial score (nSPS) is 9.95. The molecule has 0 atom stereocenters. The van der Waals surface area contributed by atoms with Gasteiger partial charge in [0.05, 0.1) is 21.3 Å². The maximum Gasteiger partial charge on any atom is 0.404 e. The molecular weight excluding hydrogens is 264 g/mol. The fourth-order valence-corrected chi connectivity index (χ4v) is 1.75. The van der Waals surface area contributed by atoms with Crippen molar-refractivity contribution in [2.24, 2.45) is 5.73 Å². The van der Waals surface area contributed by atoms with Crippen molar-refractivity contribution in [2.45, 2.75) is 6.54 Å². The van der Waals surface area contributed by atoms with Crippen molar-refractivity contribution in [3.05, 3.63) is 17.7 Å². The zero-order chi connectivity index (χ0) is 15.0. The smallest absolute Gasteiger partial charge is 0.404 e. The third-order valence-corrected chi connectivity index (χ3v) is 2.62. The Morgan fingerprint density at radius 3 is 2.40 bits per heavy atom. The number of benzene rings is 1. The Kier molecular flexibility index (Phi) is 6.45. The van der Waals surface area contributed by atoms with Gasteiger partial charge in [-0.2, -0.15) is 0 Å². The molecule has 7 nitrogen and oxygen atoms in total. The van der Waals surface area contributed by atoms with Crippen LogP contribution in [0.3, 0.4) is 0 Å². The van der Waals surface area contributed by atoms with Gasteiger partial charge in [0, 0.05) is 18.7 Å². The zero-order valence-corrected chi connectivity index (χ0v) is 11.9. The number of nitrogens with one attached hydrogen (secondary N) is 1. The summed E-state index contributed by atoms with van der Waals surface area (Å²) in [5, 5.41) is 3.11. The molecule has 0 bridgehead atoms. The van der Waals surface area contributed by atoms with Crippen LogP contribution >= 0.6 is 0 Å². The molecule has 1 aromatic rings. The first-order chi connectivity index (χ1) is 9.63. The molecule has 7 heteroatoms. The summed E-state index contributed by atoms with van der Waals surface area (Å²) in [7, 11) is 4.69. The van der Waals surface area contributed by atoms with Gasteiger partial charge < -0.3 is 30.0 Å². The topological polar surface area (TPSA) is 92.0 Å². The summed E-state index contributed by atoms with van der Waals surface area (Å²) in [6.07, 6.45) is -0.782. The molecule has 0 aliphatic rings. The lowest BCUT2D eigenvalue weighted by Crippen LogP contribution is -2.23. The molecule has 0 saturated heterocycles. The molecule has 20 heavy (non-hydrogen) atoms. The summed E-state index contributed by atoms with van der Waals surface area (Å²) in [6.45, 7) is 1.23. The van der Waals surface area contributed by atoms with Crippen LogP contribution in [0, 0.1) is 0 Å². The van der Waals surface area contributed by atoms with Crippen molar-refractivity contribution < 1.29 is 23.7 Å². The lowest BCUT2D eigenvalue weighted by atomic mass is 10.1. The second-order valence-electron chi connectivity index (χ2n) is 3.84. The van der Waals surface area contributed by atoms with Crippen LogP contribution in [0.15, 0.2) is 12.1 Å². The Morgan fingerprint density at radius 2 is 1.85 bits per heavy atom. The van der Waals surface area contributed by atoms with Crippen LogP contribution in [0.5, 0.6) is 17.2 Å². The summed E-state index contributed by atoms with van der Waals surface area (Å²) in [4.78, 5) is 10.4. The molecule has 0 aliphatic carbocycles. The van der Waals surface area contributed by atoms with Crippen molar-refractivity contribution in [2.75, 3.05) is 34.5 Å². The van der Waals surface area contributed by atoms with Gasteiger partial charge in [0.1, 0.15) is 6.61 Å². The van der Waals surface area contributed by atoms with E-state index in [4.69, 9.17) is 19.9 Å². The van der Waals surface area contributed by atoms with Crippen LogP contribution in [0.1, 0.15) is 5.56 Å². The van der Waals surface area contributed by atoms with Crippen molar-refractivity contribution in [1.29, 1.82) is 0 Å². The first-order valence-electron chi connectivity index (χ1n) is 6.04. The monoisotopic (exact) mass is 284 g/mol. The van der Waals surface area contributed by atoms with Gasteiger partial charge in [0.15, 0.2) is 11.5 Å². The lowest BCUT2D eigenvalue weighted by Gasteiger charge is -2.16. The van der Waals surface area contributed by atoms with E-state index in [1.807, 2.05) is 6.07 Å². The van der Waals surface area contributed by atoms with E-state index >= 15 is 0 Å². The molecular formula is C13H20N2O5. The van der Waals surface area contributed by atoms with Crippen LogP contribution in [0.2, 0.25) is 0 Å². The molecule has 1 rings (SSSR count). The SMILES string of the molecule is COc1ccc(CNCCOC(N)=O)c(OC)c1OC. The van der Waals surface area contributed by atoms with Crippen LogP contribution in [0.25, 0.3) is 0 Å². The van der Waals surface area contributed by atoms with Gasteiger partial charge >= 0.3 is 6.09 Å². The highest BCUT2D eigenvalue weighted by atomic mass is 16.5. The van der Waals surface area contributed by atoms with Gasteiger partial charge in [-0.25, -0.2) is 4.79 Å². The van der Waals surface area contributed by atoms with E-state index in [9.17, 15) is 4.79 Å². The summed E-state index contributed by atoms with van der Waals surface area (Å²) in [5.41, 5.74) is 5.77. The van der Waals surface area contributed by atoms with E-state index in [0.717, 1.165) is 5.56 Å². The van der Waals surface area contributed by atoms with Gasteiger partial charge in [-0.3, -0.25) is 0 Å². The molecule has 1 aromatic carbocycles. The highest BCUT2D eigenvalue weighted by Gasteiger charge is 2.15. The summed E-state index contributed by atoms with van der Waals surface area (Å²) < 4.78 is 20.5. The summed E-state index contributed by atoms with van der Waals surface area (Å²) in [6, 6.07) is 3.68. The van der Waals surface area contributed by atoms with Crippen molar-refractivity contribution in [3.8, 4) is 17.2 Å². The maximum absolute atomic E-state index is 10.4. The quantitative estimate of drug-likeness (QED) is 0.689. The Labute approximate surface area is 117 Å². The molecule has 0 saturated carbocycles. The highest BCUT2D eigenvalue weighted by molar-refractivity contribution is 5.64. The maximum atomic E-state index is 10.4. The lowest BCUT2D eigenvalue weighted by molar-refractivity contribution is 0.157. The largest absolute Gasteiger partial charge is 0.493 e. The Morgan fingerprint density at radius 1 is 1.15 bits per heavy atom. The molecule has 0 heterocycles. The predicted molar refractivity (Wildman–Crippen MR) is 73.3 cm³/mol. The van der Waals surface area contributed by atoms with Crippen LogP contribution in [-0.4, -0.2) is 40.6 Å². The van der Waals surface area contributed by atoms with E-state index in [-0.39, 0.29) is 6.61 Å². The third kappa shape index (κ3) is 4.20. The third-order valence-electron chi connectivity index (χ3n) is 2.62. The van der Waals surface area contributed by atoms with Gasteiger partial charge in [-0.15, -0.1) is 0 Å². The Hall–Kier alpha value is -2.15. The molecule has 0 fully saturated rings. The number of carbonyl (C=O) groups excluding carboxylic acids is 1. The highest BCUT2D eigenvalue weighted by Crippen LogP contribution is 2.39. The zero-order valence-electron chi connectivity index (χ0n) is 11.9. The Balaban J connectivity index is 2.67. The van der Waals surface area contributed by atoms with Crippen LogP contribution in [0.4, 0.5) is 4.79 Å². The summed E-state index contributed by atoms with van der Waals surface area (Å²) in [5.74, 6) is 1.75. The number of rotatable bonds is 8. The predicted octanol–water partition coefficient (Wildman–Crippen LogP) is 0.897. The molecule has 0 aliphatic heterocycles. The molecule has 112 valence electrons. The average molecular weight is 284 g/mol. The molecule has 0 aromatic heterocycles.